The van der Waals surface area contributed by atoms with Gasteiger partial charge in [0.15, 0.2) is 0 Å². The third kappa shape index (κ3) is 5.21. The second-order valence-electron chi connectivity index (χ2n) is 5.08. The highest BCUT2D eigenvalue weighted by molar-refractivity contribution is 5.36. The van der Waals surface area contributed by atoms with E-state index in [1.807, 2.05) is 6.07 Å². The summed E-state index contributed by atoms with van der Waals surface area (Å²) in [5.74, 6) is 0.966. The second-order valence-corrected chi connectivity index (χ2v) is 5.08. The molecule has 0 aliphatic rings. The second kappa shape index (κ2) is 8.18. The van der Waals surface area contributed by atoms with Gasteiger partial charge in [0, 0.05) is 24.7 Å². The average Bonchev–Trinajstić information content (AvgIpc) is 2.42. The minimum absolute atomic E-state index is 0.477. The van der Waals surface area contributed by atoms with Crippen molar-refractivity contribution in [2.75, 3.05) is 26.7 Å². The maximum atomic E-state index is 5.41. The van der Waals surface area contributed by atoms with Gasteiger partial charge in [0.25, 0.3) is 0 Å². The summed E-state index contributed by atoms with van der Waals surface area (Å²) < 4.78 is 5.41. The Morgan fingerprint density at radius 2 is 1.95 bits per heavy atom. The van der Waals surface area contributed by atoms with Crippen LogP contribution in [0.15, 0.2) is 18.2 Å². The van der Waals surface area contributed by atoms with E-state index in [0.717, 1.165) is 31.9 Å². The molecular weight excluding hydrogens is 236 g/mol. The SMILES string of the molecule is CCN(CC)CC(C)NCc1cc(C)ccc1OC. The summed E-state index contributed by atoms with van der Waals surface area (Å²) in [4.78, 5) is 2.44. The van der Waals surface area contributed by atoms with Crippen LogP contribution in [0.3, 0.4) is 0 Å². The summed E-state index contributed by atoms with van der Waals surface area (Å²) in [6.45, 7) is 12.9. The fraction of sp³-hybridized carbons (Fsp3) is 0.625. The lowest BCUT2D eigenvalue weighted by Gasteiger charge is -2.23. The largest absolute Gasteiger partial charge is 0.496 e. The number of nitrogens with one attached hydrogen (secondary N) is 1. The summed E-state index contributed by atoms with van der Waals surface area (Å²) in [5.41, 5.74) is 2.50. The number of hydrogen-bond acceptors (Lipinski definition) is 3. The quantitative estimate of drug-likeness (QED) is 0.781. The highest BCUT2D eigenvalue weighted by Gasteiger charge is 2.08. The Kier molecular flexibility index (Phi) is 6.89. The third-order valence-electron chi connectivity index (χ3n) is 3.50. The van der Waals surface area contributed by atoms with Gasteiger partial charge in [-0.2, -0.15) is 0 Å². The number of hydrogen-bond donors (Lipinski definition) is 1. The van der Waals surface area contributed by atoms with Crippen molar-refractivity contribution in [1.29, 1.82) is 0 Å². The van der Waals surface area contributed by atoms with Gasteiger partial charge in [0.2, 0.25) is 0 Å². The van der Waals surface area contributed by atoms with Gasteiger partial charge in [-0.25, -0.2) is 0 Å². The van der Waals surface area contributed by atoms with Gasteiger partial charge in [-0.15, -0.1) is 0 Å². The molecule has 0 aliphatic heterocycles. The molecule has 1 N–H and O–H groups in total. The first-order valence-electron chi connectivity index (χ1n) is 7.19. The molecule has 0 bridgehead atoms. The molecule has 0 radical (unpaired) electrons. The van der Waals surface area contributed by atoms with Crippen LogP contribution in [0.1, 0.15) is 31.9 Å². The third-order valence-corrected chi connectivity index (χ3v) is 3.50. The number of nitrogens with zero attached hydrogens (tertiary/aromatic N) is 1. The summed E-state index contributed by atoms with van der Waals surface area (Å²) in [6.07, 6.45) is 0. The highest BCUT2D eigenvalue weighted by Crippen LogP contribution is 2.19. The predicted octanol–water partition coefficient (Wildman–Crippen LogP) is 2.82. The van der Waals surface area contributed by atoms with Gasteiger partial charge >= 0.3 is 0 Å². The van der Waals surface area contributed by atoms with Crippen LogP contribution in [-0.2, 0) is 6.54 Å². The van der Waals surface area contributed by atoms with Gasteiger partial charge < -0.3 is 15.0 Å². The topological polar surface area (TPSA) is 24.5 Å². The summed E-state index contributed by atoms with van der Waals surface area (Å²) in [5, 5.41) is 3.58. The molecule has 0 saturated heterocycles. The van der Waals surface area contributed by atoms with E-state index in [2.05, 4.69) is 50.0 Å². The Balaban J connectivity index is 2.54. The average molecular weight is 264 g/mol. The van der Waals surface area contributed by atoms with Gasteiger partial charge in [0.05, 0.1) is 7.11 Å². The fourth-order valence-electron chi connectivity index (χ4n) is 2.26. The Hall–Kier alpha value is -1.06. The zero-order valence-electron chi connectivity index (χ0n) is 13.0. The molecule has 1 aromatic rings. The van der Waals surface area contributed by atoms with Crippen LogP contribution >= 0.6 is 0 Å². The Morgan fingerprint density at radius 3 is 2.53 bits per heavy atom. The first-order valence-corrected chi connectivity index (χ1v) is 7.19. The number of aryl methyl sites for hydroxylation is 1. The van der Waals surface area contributed by atoms with Crippen molar-refractivity contribution >= 4 is 0 Å². The number of rotatable bonds is 8. The first kappa shape index (κ1) is 16.0. The van der Waals surface area contributed by atoms with Crippen molar-refractivity contribution in [3.63, 3.8) is 0 Å². The Labute approximate surface area is 118 Å². The molecule has 1 unspecified atom stereocenters. The van der Waals surface area contributed by atoms with Crippen LogP contribution < -0.4 is 10.1 Å². The van der Waals surface area contributed by atoms with E-state index in [1.54, 1.807) is 7.11 Å². The Bertz CT molecular complexity index is 375. The molecule has 0 heterocycles. The smallest absolute Gasteiger partial charge is 0.123 e. The number of methoxy groups -OCH3 is 1. The van der Waals surface area contributed by atoms with Crippen LogP contribution in [0.5, 0.6) is 5.75 Å². The van der Waals surface area contributed by atoms with Crippen LogP contribution in [0.25, 0.3) is 0 Å². The molecule has 19 heavy (non-hydrogen) atoms. The van der Waals surface area contributed by atoms with Crippen LogP contribution in [0.2, 0.25) is 0 Å². The molecule has 1 aromatic carbocycles. The van der Waals surface area contributed by atoms with Crippen molar-refractivity contribution in [3.8, 4) is 5.75 Å². The van der Waals surface area contributed by atoms with Crippen LogP contribution in [0, 0.1) is 6.92 Å². The number of benzene rings is 1. The van der Waals surface area contributed by atoms with E-state index in [0.29, 0.717) is 6.04 Å². The molecule has 1 atom stereocenters. The number of likely N-dealkylation sites (N-methyl/N-ethyl adjacent to an activating group) is 1. The summed E-state index contributed by atoms with van der Waals surface area (Å²) in [7, 11) is 1.73. The predicted molar refractivity (Wildman–Crippen MR) is 81.8 cm³/mol. The normalized spacial score (nSPS) is 12.7. The van der Waals surface area contributed by atoms with E-state index < -0.39 is 0 Å². The summed E-state index contributed by atoms with van der Waals surface area (Å²) >= 11 is 0. The molecule has 3 heteroatoms. The maximum absolute atomic E-state index is 5.41. The molecule has 0 saturated carbocycles. The first-order chi connectivity index (χ1) is 9.10. The molecular formula is C16H28N2O. The van der Waals surface area contributed by atoms with Crippen molar-refractivity contribution in [2.24, 2.45) is 0 Å². The van der Waals surface area contributed by atoms with Crippen molar-refractivity contribution < 1.29 is 4.74 Å². The monoisotopic (exact) mass is 264 g/mol. The van der Waals surface area contributed by atoms with Crippen molar-refractivity contribution in [3.05, 3.63) is 29.3 Å². The molecule has 0 amide bonds. The van der Waals surface area contributed by atoms with E-state index in [1.165, 1.54) is 11.1 Å². The lowest BCUT2D eigenvalue weighted by Crippen LogP contribution is -2.38. The molecule has 0 aromatic heterocycles. The van der Waals surface area contributed by atoms with Gasteiger partial charge in [-0.05, 0) is 33.0 Å². The summed E-state index contributed by atoms with van der Waals surface area (Å²) in [6, 6.07) is 6.80. The zero-order chi connectivity index (χ0) is 14.3. The maximum Gasteiger partial charge on any atom is 0.123 e. The minimum Gasteiger partial charge on any atom is -0.496 e. The van der Waals surface area contributed by atoms with Crippen molar-refractivity contribution in [1.82, 2.24) is 10.2 Å². The lowest BCUT2D eigenvalue weighted by atomic mass is 10.1. The van der Waals surface area contributed by atoms with E-state index >= 15 is 0 Å². The molecule has 0 aliphatic carbocycles. The molecule has 3 nitrogen and oxygen atoms in total. The van der Waals surface area contributed by atoms with Crippen LogP contribution in [0.4, 0.5) is 0 Å². The van der Waals surface area contributed by atoms with Crippen molar-refractivity contribution in [2.45, 2.75) is 40.3 Å². The van der Waals surface area contributed by atoms with E-state index in [-0.39, 0.29) is 0 Å². The van der Waals surface area contributed by atoms with Gasteiger partial charge in [-0.1, -0.05) is 31.5 Å². The van der Waals surface area contributed by atoms with E-state index in [9.17, 15) is 0 Å². The van der Waals surface area contributed by atoms with Gasteiger partial charge in [-0.3, -0.25) is 0 Å². The molecule has 108 valence electrons. The lowest BCUT2D eigenvalue weighted by molar-refractivity contribution is 0.270. The fourth-order valence-corrected chi connectivity index (χ4v) is 2.26. The highest BCUT2D eigenvalue weighted by atomic mass is 16.5. The van der Waals surface area contributed by atoms with Gasteiger partial charge in [0.1, 0.15) is 5.75 Å². The zero-order valence-corrected chi connectivity index (χ0v) is 13.0. The molecule has 0 spiro atoms. The number of ether oxygens (including phenoxy) is 1. The Morgan fingerprint density at radius 1 is 1.26 bits per heavy atom. The minimum atomic E-state index is 0.477. The molecule has 1 rings (SSSR count). The van der Waals surface area contributed by atoms with E-state index in [4.69, 9.17) is 4.74 Å². The molecule has 0 fully saturated rings. The standard InChI is InChI=1S/C16H28N2O/c1-6-18(7-2)12-14(4)17-11-15-10-13(3)8-9-16(15)19-5/h8-10,14,17H,6-7,11-12H2,1-5H3. The van der Waals surface area contributed by atoms with Crippen LogP contribution in [-0.4, -0.2) is 37.7 Å².